The lowest BCUT2D eigenvalue weighted by Crippen LogP contribution is -2.29. The van der Waals surface area contributed by atoms with Crippen molar-refractivity contribution in [3.05, 3.63) is 33.9 Å². The molecule has 0 unspecified atom stereocenters. The maximum absolute atomic E-state index is 11.4. The third kappa shape index (κ3) is 4.84. The highest BCUT2D eigenvalue weighted by atomic mass is 32.2. The molecule has 0 saturated carbocycles. The fourth-order valence-electron chi connectivity index (χ4n) is 1.54. The van der Waals surface area contributed by atoms with E-state index in [0.29, 0.717) is 17.8 Å². The van der Waals surface area contributed by atoms with Crippen LogP contribution in [0.25, 0.3) is 0 Å². The maximum atomic E-state index is 11.4. The molecule has 0 spiro atoms. The summed E-state index contributed by atoms with van der Waals surface area (Å²) in [5.74, 6) is -0.0808. The van der Waals surface area contributed by atoms with E-state index in [2.05, 4.69) is 10.0 Å². The predicted molar refractivity (Wildman–Crippen MR) is 73.8 cm³/mol. The number of nitro benzene ring substituents is 1. The Morgan fingerprint density at radius 2 is 2.05 bits per heavy atom. The summed E-state index contributed by atoms with van der Waals surface area (Å²) in [6, 6.07) is 4.71. The van der Waals surface area contributed by atoms with Gasteiger partial charge in [0.15, 0.2) is 0 Å². The van der Waals surface area contributed by atoms with Gasteiger partial charge in [-0.2, -0.15) is 0 Å². The Balaban J connectivity index is 2.64. The average Bonchev–Trinajstić information content (AvgIpc) is 2.30. The van der Waals surface area contributed by atoms with Gasteiger partial charge in [-0.1, -0.05) is 13.0 Å². The van der Waals surface area contributed by atoms with E-state index in [1.807, 2.05) is 0 Å². The monoisotopic (exact) mass is 287 g/mol. The number of nitro groups is 1. The van der Waals surface area contributed by atoms with Crippen LogP contribution < -0.4 is 10.0 Å². The molecule has 7 nitrogen and oxygen atoms in total. The van der Waals surface area contributed by atoms with Crippen molar-refractivity contribution < 1.29 is 13.3 Å². The Morgan fingerprint density at radius 1 is 1.37 bits per heavy atom. The van der Waals surface area contributed by atoms with Gasteiger partial charge in [-0.05, 0) is 13.0 Å². The molecule has 0 aromatic heterocycles. The van der Waals surface area contributed by atoms with Crippen LogP contribution in [0.3, 0.4) is 0 Å². The number of hydrogen-bond donors (Lipinski definition) is 2. The second-order valence-electron chi connectivity index (χ2n) is 4.00. The third-order valence-corrected chi connectivity index (χ3v) is 3.94. The van der Waals surface area contributed by atoms with Crippen LogP contribution >= 0.6 is 0 Å². The van der Waals surface area contributed by atoms with Gasteiger partial charge in [-0.15, -0.1) is 0 Å². The Kier molecular flexibility index (Phi) is 5.25. The minimum atomic E-state index is -3.28. The minimum Gasteiger partial charge on any atom is -0.384 e. The molecule has 0 aliphatic rings. The third-order valence-electron chi connectivity index (χ3n) is 2.47. The highest BCUT2D eigenvalue weighted by Crippen LogP contribution is 2.21. The van der Waals surface area contributed by atoms with Crippen LogP contribution in [0.5, 0.6) is 0 Å². The van der Waals surface area contributed by atoms with Gasteiger partial charge in [0.25, 0.3) is 5.69 Å². The smallest absolute Gasteiger partial charge is 0.274 e. The summed E-state index contributed by atoms with van der Waals surface area (Å²) >= 11 is 0. The summed E-state index contributed by atoms with van der Waals surface area (Å²) in [6.07, 6.45) is 0. The Hall–Kier alpha value is -1.67. The van der Waals surface area contributed by atoms with Gasteiger partial charge < -0.3 is 5.32 Å². The van der Waals surface area contributed by atoms with Crippen LogP contribution in [-0.2, 0) is 10.0 Å². The largest absolute Gasteiger partial charge is 0.384 e. The molecule has 1 aromatic rings. The molecule has 8 heteroatoms. The molecular weight excluding hydrogens is 270 g/mol. The van der Waals surface area contributed by atoms with Gasteiger partial charge in [0, 0.05) is 30.4 Å². The number of nitrogens with one attached hydrogen (secondary N) is 2. The second kappa shape index (κ2) is 6.48. The average molecular weight is 287 g/mol. The van der Waals surface area contributed by atoms with Crippen molar-refractivity contribution in [1.82, 2.24) is 4.72 Å². The number of hydrogen-bond acceptors (Lipinski definition) is 5. The fourth-order valence-corrected chi connectivity index (χ4v) is 2.49. The molecule has 0 aliphatic heterocycles. The minimum absolute atomic E-state index is 0.0135. The van der Waals surface area contributed by atoms with Crippen molar-refractivity contribution in [2.45, 2.75) is 13.8 Å². The van der Waals surface area contributed by atoms with Crippen LogP contribution in [0.1, 0.15) is 12.5 Å². The van der Waals surface area contributed by atoms with E-state index in [1.54, 1.807) is 26.0 Å². The first kappa shape index (κ1) is 15.4. The van der Waals surface area contributed by atoms with Crippen molar-refractivity contribution >= 4 is 21.4 Å². The molecule has 0 bridgehead atoms. The van der Waals surface area contributed by atoms with Crippen molar-refractivity contribution in [2.75, 3.05) is 24.2 Å². The quantitative estimate of drug-likeness (QED) is 0.580. The SMILES string of the molecule is CCNS(=O)(=O)CCNc1ccc(C)c([N+](=O)[O-])c1. The first-order valence-electron chi connectivity index (χ1n) is 5.82. The van der Waals surface area contributed by atoms with Gasteiger partial charge >= 0.3 is 0 Å². The van der Waals surface area contributed by atoms with E-state index in [9.17, 15) is 18.5 Å². The molecule has 0 heterocycles. The van der Waals surface area contributed by atoms with Gasteiger partial charge in [-0.25, -0.2) is 13.1 Å². The highest BCUT2D eigenvalue weighted by molar-refractivity contribution is 7.89. The lowest BCUT2D eigenvalue weighted by atomic mass is 10.2. The molecule has 19 heavy (non-hydrogen) atoms. The van der Waals surface area contributed by atoms with Crippen molar-refractivity contribution in [3.63, 3.8) is 0 Å². The summed E-state index contributed by atoms with van der Waals surface area (Å²) in [7, 11) is -3.28. The van der Waals surface area contributed by atoms with E-state index in [0.717, 1.165) is 0 Å². The molecule has 2 N–H and O–H groups in total. The summed E-state index contributed by atoms with van der Waals surface area (Å²) in [4.78, 5) is 10.3. The summed E-state index contributed by atoms with van der Waals surface area (Å²) in [5, 5.41) is 13.6. The number of rotatable bonds is 7. The number of benzene rings is 1. The normalized spacial score (nSPS) is 11.3. The van der Waals surface area contributed by atoms with Crippen molar-refractivity contribution in [3.8, 4) is 0 Å². The Bertz CT molecular complexity index is 557. The maximum Gasteiger partial charge on any atom is 0.274 e. The topological polar surface area (TPSA) is 101 Å². The molecule has 0 saturated heterocycles. The van der Waals surface area contributed by atoms with Gasteiger partial charge in [0.05, 0.1) is 10.7 Å². The number of sulfonamides is 1. The molecule has 0 atom stereocenters. The van der Waals surface area contributed by atoms with E-state index in [4.69, 9.17) is 0 Å². The first-order valence-corrected chi connectivity index (χ1v) is 7.47. The van der Waals surface area contributed by atoms with E-state index < -0.39 is 14.9 Å². The van der Waals surface area contributed by atoms with Crippen LogP contribution in [0, 0.1) is 17.0 Å². The number of nitrogens with zero attached hydrogens (tertiary/aromatic N) is 1. The van der Waals surface area contributed by atoms with Crippen molar-refractivity contribution in [1.29, 1.82) is 0 Å². The van der Waals surface area contributed by atoms with E-state index in [1.165, 1.54) is 6.07 Å². The molecular formula is C11H17N3O4S. The zero-order chi connectivity index (χ0) is 14.5. The lowest BCUT2D eigenvalue weighted by Gasteiger charge is -2.08. The Labute approximate surface area is 112 Å². The zero-order valence-electron chi connectivity index (χ0n) is 10.8. The molecule has 0 fully saturated rings. The summed E-state index contributed by atoms with van der Waals surface area (Å²) in [5.41, 5.74) is 1.11. The van der Waals surface area contributed by atoms with Crippen LogP contribution in [0.4, 0.5) is 11.4 Å². The zero-order valence-corrected chi connectivity index (χ0v) is 11.7. The summed E-state index contributed by atoms with van der Waals surface area (Å²) < 4.78 is 25.2. The number of anilines is 1. The van der Waals surface area contributed by atoms with E-state index >= 15 is 0 Å². The van der Waals surface area contributed by atoms with Gasteiger partial charge in [0.1, 0.15) is 0 Å². The second-order valence-corrected chi connectivity index (χ2v) is 5.93. The van der Waals surface area contributed by atoms with E-state index in [-0.39, 0.29) is 18.0 Å². The molecule has 0 amide bonds. The highest BCUT2D eigenvalue weighted by Gasteiger charge is 2.12. The van der Waals surface area contributed by atoms with Crippen LogP contribution in [0.15, 0.2) is 18.2 Å². The van der Waals surface area contributed by atoms with Crippen molar-refractivity contribution in [2.24, 2.45) is 0 Å². The molecule has 106 valence electrons. The predicted octanol–water partition coefficient (Wildman–Crippen LogP) is 1.25. The molecule has 1 aromatic carbocycles. The fraction of sp³-hybridized carbons (Fsp3) is 0.455. The molecule has 0 aliphatic carbocycles. The van der Waals surface area contributed by atoms with Crippen LogP contribution in [0.2, 0.25) is 0 Å². The number of aryl methyl sites for hydroxylation is 1. The van der Waals surface area contributed by atoms with Crippen LogP contribution in [-0.4, -0.2) is 32.2 Å². The van der Waals surface area contributed by atoms with Gasteiger partial charge in [0.2, 0.25) is 10.0 Å². The first-order chi connectivity index (χ1) is 8.85. The standard InChI is InChI=1S/C11H17N3O4S/c1-3-13-19(17,18)7-6-12-10-5-4-9(2)11(8-10)14(15)16/h4-5,8,12-13H,3,6-7H2,1-2H3. The lowest BCUT2D eigenvalue weighted by molar-refractivity contribution is -0.385. The Morgan fingerprint density at radius 3 is 2.63 bits per heavy atom. The van der Waals surface area contributed by atoms with Gasteiger partial charge in [-0.3, -0.25) is 10.1 Å². The molecule has 0 radical (unpaired) electrons. The molecule has 1 rings (SSSR count). The summed E-state index contributed by atoms with van der Waals surface area (Å²) in [6.45, 7) is 3.89.